The van der Waals surface area contributed by atoms with Gasteiger partial charge in [0, 0.05) is 25.3 Å². The lowest BCUT2D eigenvalue weighted by molar-refractivity contribution is 0.0886. The number of rotatable bonds is 3. The van der Waals surface area contributed by atoms with Crippen LogP contribution in [-0.2, 0) is 0 Å². The van der Waals surface area contributed by atoms with Crippen molar-refractivity contribution >= 4 is 16.8 Å². The zero-order chi connectivity index (χ0) is 12.6. The zero-order valence-electron chi connectivity index (χ0n) is 10.2. The first-order chi connectivity index (χ1) is 7.85. The fourth-order valence-corrected chi connectivity index (χ4v) is 1.84. The quantitative estimate of drug-likeness (QED) is 0.843. The third kappa shape index (κ3) is 2.68. The SMILES string of the molecule is CN(CC(C)(C)O)c1ccc2[nH]c(=O)oc2c1. The summed E-state index contributed by atoms with van der Waals surface area (Å²) in [6, 6.07) is 5.44. The van der Waals surface area contributed by atoms with Gasteiger partial charge >= 0.3 is 5.76 Å². The lowest BCUT2D eigenvalue weighted by Gasteiger charge is -2.27. The van der Waals surface area contributed by atoms with E-state index in [1.165, 1.54) is 0 Å². The zero-order valence-corrected chi connectivity index (χ0v) is 10.2. The number of aromatic amines is 1. The maximum absolute atomic E-state index is 11.0. The van der Waals surface area contributed by atoms with Crippen molar-refractivity contribution in [1.29, 1.82) is 0 Å². The summed E-state index contributed by atoms with van der Waals surface area (Å²) in [5, 5.41) is 9.75. The van der Waals surface area contributed by atoms with Crippen LogP contribution in [0.4, 0.5) is 5.69 Å². The van der Waals surface area contributed by atoms with Crippen molar-refractivity contribution in [2.75, 3.05) is 18.5 Å². The normalized spacial score (nSPS) is 12.0. The highest BCUT2D eigenvalue weighted by molar-refractivity contribution is 5.77. The molecule has 92 valence electrons. The highest BCUT2D eigenvalue weighted by atomic mass is 16.4. The molecule has 0 radical (unpaired) electrons. The second kappa shape index (κ2) is 3.92. The van der Waals surface area contributed by atoms with E-state index in [-0.39, 0.29) is 0 Å². The summed E-state index contributed by atoms with van der Waals surface area (Å²) in [6.45, 7) is 3.99. The molecule has 0 aliphatic heterocycles. The van der Waals surface area contributed by atoms with E-state index >= 15 is 0 Å². The van der Waals surface area contributed by atoms with Crippen LogP contribution >= 0.6 is 0 Å². The number of likely N-dealkylation sites (N-methyl/N-ethyl adjacent to an activating group) is 1. The molecule has 5 nitrogen and oxygen atoms in total. The molecule has 0 fully saturated rings. The van der Waals surface area contributed by atoms with Crippen LogP contribution in [0.3, 0.4) is 0 Å². The summed E-state index contributed by atoms with van der Waals surface area (Å²) >= 11 is 0. The molecule has 1 heterocycles. The van der Waals surface area contributed by atoms with Gasteiger partial charge in [-0.2, -0.15) is 0 Å². The van der Waals surface area contributed by atoms with Gasteiger partial charge in [-0.15, -0.1) is 0 Å². The van der Waals surface area contributed by atoms with E-state index in [1.807, 2.05) is 18.0 Å². The molecule has 1 aromatic heterocycles. The maximum atomic E-state index is 11.0. The average molecular weight is 236 g/mol. The standard InChI is InChI=1S/C12H16N2O3/c1-12(2,16)7-14(3)8-4-5-9-10(6-8)17-11(15)13-9/h4-6,16H,7H2,1-3H3,(H,13,15). The van der Waals surface area contributed by atoms with Crippen LogP contribution in [0.1, 0.15) is 13.8 Å². The fourth-order valence-electron chi connectivity index (χ4n) is 1.84. The number of fused-ring (bicyclic) bond motifs is 1. The van der Waals surface area contributed by atoms with Crippen molar-refractivity contribution in [2.24, 2.45) is 0 Å². The van der Waals surface area contributed by atoms with Crippen molar-refractivity contribution in [3.63, 3.8) is 0 Å². The highest BCUT2D eigenvalue weighted by Gasteiger charge is 2.16. The Morgan fingerprint density at radius 1 is 1.47 bits per heavy atom. The topological polar surface area (TPSA) is 69.5 Å². The molecule has 0 aliphatic carbocycles. The molecule has 2 aromatic rings. The molecule has 0 bridgehead atoms. The molecule has 17 heavy (non-hydrogen) atoms. The van der Waals surface area contributed by atoms with Crippen LogP contribution in [0, 0.1) is 0 Å². The molecule has 5 heteroatoms. The summed E-state index contributed by atoms with van der Waals surface area (Å²) in [5.41, 5.74) is 1.32. The molecule has 0 saturated carbocycles. The second-order valence-corrected chi connectivity index (χ2v) is 4.86. The smallest absolute Gasteiger partial charge is 0.408 e. The largest absolute Gasteiger partial charge is 0.417 e. The van der Waals surface area contributed by atoms with Crippen molar-refractivity contribution in [3.05, 3.63) is 28.7 Å². The summed E-state index contributed by atoms with van der Waals surface area (Å²) in [4.78, 5) is 15.5. The van der Waals surface area contributed by atoms with E-state index in [0.717, 1.165) is 5.69 Å². The monoisotopic (exact) mass is 236 g/mol. The first-order valence-corrected chi connectivity index (χ1v) is 5.41. The summed E-state index contributed by atoms with van der Waals surface area (Å²) in [6.07, 6.45) is 0. The van der Waals surface area contributed by atoms with E-state index in [1.54, 1.807) is 26.0 Å². The van der Waals surface area contributed by atoms with Gasteiger partial charge in [0.1, 0.15) is 0 Å². The van der Waals surface area contributed by atoms with Crippen molar-refractivity contribution in [3.8, 4) is 0 Å². The molecular weight excluding hydrogens is 220 g/mol. The third-order valence-electron chi connectivity index (χ3n) is 2.47. The number of hydrogen-bond donors (Lipinski definition) is 2. The lowest BCUT2D eigenvalue weighted by atomic mass is 10.1. The molecule has 1 aromatic carbocycles. The Morgan fingerprint density at radius 3 is 2.82 bits per heavy atom. The Kier molecular flexibility index (Phi) is 2.71. The van der Waals surface area contributed by atoms with Crippen LogP contribution in [0.25, 0.3) is 11.1 Å². The number of anilines is 1. The summed E-state index contributed by atoms with van der Waals surface area (Å²) in [5.74, 6) is -0.456. The molecule has 2 rings (SSSR count). The van der Waals surface area contributed by atoms with Gasteiger partial charge in [0.2, 0.25) is 0 Å². The van der Waals surface area contributed by atoms with Crippen LogP contribution in [0.2, 0.25) is 0 Å². The van der Waals surface area contributed by atoms with Crippen LogP contribution in [0.15, 0.2) is 27.4 Å². The number of H-pyrrole nitrogens is 1. The van der Waals surface area contributed by atoms with Gasteiger partial charge in [-0.1, -0.05) is 0 Å². The first-order valence-electron chi connectivity index (χ1n) is 5.41. The van der Waals surface area contributed by atoms with Crippen LogP contribution in [-0.4, -0.2) is 29.3 Å². The first kappa shape index (κ1) is 11.7. The molecule has 0 atom stereocenters. The number of nitrogens with zero attached hydrogens (tertiary/aromatic N) is 1. The predicted octanol–water partition coefficient (Wildman–Crippen LogP) is 1.33. The van der Waals surface area contributed by atoms with Crippen molar-refractivity contribution in [2.45, 2.75) is 19.4 Å². The predicted molar refractivity (Wildman–Crippen MR) is 66.4 cm³/mol. The number of hydrogen-bond acceptors (Lipinski definition) is 4. The number of oxazole rings is 1. The van der Waals surface area contributed by atoms with Gasteiger partial charge in [0.05, 0.1) is 11.1 Å². The lowest BCUT2D eigenvalue weighted by Crippen LogP contribution is -2.36. The summed E-state index contributed by atoms with van der Waals surface area (Å²) in [7, 11) is 1.88. The molecule has 0 saturated heterocycles. The van der Waals surface area contributed by atoms with Gasteiger partial charge in [-0.05, 0) is 26.0 Å². The number of nitrogens with one attached hydrogen (secondary N) is 1. The van der Waals surface area contributed by atoms with Crippen LogP contribution in [0.5, 0.6) is 0 Å². The van der Waals surface area contributed by atoms with Gasteiger partial charge in [-0.3, -0.25) is 4.98 Å². The molecular formula is C12H16N2O3. The van der Waals surface area contributed by atoms with Gasteiger partial charge < -0.3 is 14.4 Å². The Bertz CT molecular complexity index is 577. The van der Waals surface area contributed by atoms with E-state index in [2.05, 4.69) is 4.98 Å². The number of aliphatic hydroxyl groups is 1. The van der Waals surface area contributed by atoms with Crippen LogP contribution < -0.4 is 10.7 Å². The number of aromatic nitrogens is 1. The van der Waals surface area contributed by atoms with Gasteiger partial charge in [0.25, 0.3) is 0 Å². The average Bonchev–Trinajstić information content (AvgIpc) is 2.53. The van der Waals surface area contributed by atoms with Gasteiger partial charge in [-0.25, -0.2) is 4.79 Å². The molecule has 0 aliphatic rings. The highest BCUT2D eigenvalue weighted by Crippen LogP contribution is 2.20. The Morgan fingerprint density at radius 2 is 2.18 bits per heavy atom. The minimum Gasteiger partial charge on any atom is -0.408 e. The minimum absolute atomic E-state index is 0.456. The Labute approximate surface area is 98.7 Å². The summed E-state index contributed by atoms with van der Waals surface area (Å²) < 4.78 is 4.99. The Hall–Kier alpha value is -1.75. The second-order valence-electron chi connectivity index (χ2n) is 4.86. The third-order valence-corrected chi connectivity index (χ3v) is 2.47. The maximum Gasteiger partial charge on any atom is 0.417 e. The van der Waals surface area contributed by atoms with E-state index in [4.69, 9.17) is 4.42 Å². The fraction of sp³-hybridized carbons (Fsp3) is 0.417. The minimum atomic E-state index is -0.775. The van der Waals surface area contributed by atoms with E-state index in [0.29, 0.717) is 17.6 Å². The van der Waals surface area contributed by atoms with E-state index < -0.39 is 11.4 Å². The molecule has 0 unspecified atom stereocenters. The molecule has 2 N–H and O–H groups in total. The molecule has 0 amide bonds. The van der Waals surface area contributed by atoms with E-state index in [9.17, 15) is 9.90 Å². The van der Waals surface area contributed by atoms with Crippen molar-refractivity contribution in [1.82, 2.24) is 4.98 Å². The number of benzene rings is 1. The van der Waals surface area contributed by atoms with Gasteiger partial charge in [0.15, 0.2) is 5.58 Å². The molecule has 0 spiro atoms. The Balaban J connectivity index is 2.32. The van der Waals surface area contributed by atoms with Crippen molar-refractivity contribution < 1.29 is 9.52 Å².